The van der Waals surface area contributed by atoms with Gasteiger partial charge in [-0.15, -0.1) is 0 Å². The molecule has 1 heterocycles. The lowest BCUT2D eigenvalue weighted by Gasteiger charge is -2.63. The van der Waals surface area contributed by atoms with Crippen molar-refractivity contribution in [2.45, 2.75) is 62.2 Å². The minimum absolute atomic E-state index is 0.0108. The molecule has 1 unspecified atom stereocenters. The molecule has 44 heavy (non-hydrogen) atoms. The summed E-state index contributed by atoms with van der Waals surface area (Å²) in [4.78, 5) is 32.0. The second-order valence-corrected chi connectivity index (χ2v) is 14.3. The van der Waals surface area contributed by atoms with Crippen molar-refractivity contribution in [1.29, 1.82) is 0 Å². The summed E-state index contributed by atoms with van der Waals surface area (Å²) in [7, 11) is -5.90. The largest absolute Gasteiger partial charge is 0.534 e. The van der Waals surface area contributed by atoms with Crippen molar-refractivity contribution in [3.05, 3.63) is 48.1 Å². The molecule has 6 rings (SSSR count). The molecule has 3 saturated carbocycles. The number of aliphatic hydroxyl groups is 2. The van der Waals surface area contributed by atoms with Crippen molar-refractivity contribution in [3.63, 3.8) is 0 Å². The molecular weight excluding hydrogens is 617 g/mol. The van der Waals surface area contributed by atoms with Gasteiger partial charge in [-0.05, 0) is 74.1 Å². The lowest BCUT2D eigenvalue weighted by atomic mass is 9.44. The lowest BCUT2D eigenvalue weighted by molar-refractivity contribution is -0.228. The number of hydrogen-bond donors (Lipinski definition) is 2. The highest BCUT2D eigenvalue weighted by molar-refractivity contribution is 7.88. The molecular formula is C29H30F5NO8S. The number of nitrogens with zero attached hydrogens (tertiary/aromatic N) is 1. The first-order chi connectivity index (χ1) is 20.4. The fourth-order valence-electron chi connectivity index (χ4n) is 8.86. The van der Waals surface area contributed by atoms with Gasteiger partial charge in [-0.3, -0.25) is 19.5 Å². The number of carbonyl (C=O) groups excluding carboxylic acids is 2. The second kappa shape index (κ2) is 9.56. The van der Waals surface area contributed by atoms with Crippen LogP contribution in [-0.4, -0.2) is 72.4 Å². The van der Waals surface area contributed by atoms with Crippen molar-refractivity contribution in [3.8, 4) is 5.75 Å². The van der Waals surface area contributed by atoms with Gasteiger partial charge in [0, 0.05) is 22.7 Å². The molecule has 1 aromatic rings. The van der Waals surface area contributed by atoms with E-state index in [9.17, 15) is 41.4 Å². The summed E-state index contributed by atoms with van der Waals surface area (Å²) >= 11 is 0. The smallest absolute Gasteiger partial charge is 0.390 e. The van der Waals surface area contributed by atoms with Crippen LogP contribution in [0.5, 0.6) is 5.75 Å². The van der Waals surface area contributed by atoms with E-state index in [1.807, 2.05) is 0 Å². The Hall–Kier alpha value is -2.88. The molecule has 15 heteroatoms. The van der Waals surface area contributed by atoms with Gasteiger partial charge in [0.1, 0.15) is 18.5 Å². The second-order valence-electron chi connectivity index (χ2n) is 12.7. The van der Waals surface area contributed by atoms with Crippen LogP contribution in [0.1, 0.15) is 33.1 Å². The van der Waals surface area contributed by atoms with E-state index in [1.54, 1.807) is 6.92 Å². The topological polar surface area (TPSA) is 130 Å². The quantitative estimate of drug-likeness (QED) is 0.280. The Balaban J connectivity index is 1.34. The van der Waals surface area contributed by atoms with Crippen LogP contribution in [0.3, 0.4) is 0 Å². The van der Waals surface area contributed by atoms with Crippen LogP contribution in [0, 0.1) is 28.6 Å². The Morgan fingerprint density at radius 3 is 2.43 bits per heavy atom. The maximum Gasteiger partial charge on any atom is 0.534 e. The van der Waals surface area contributed by atoms with Gasteiger partial charge in [-0.1, -0.05) is 13.0 Å². The molecule has 0 spiro atoms. The summed E-state index contributed by atoms with van der Waals surface area (Å²) in [5.41, 5.74) is -12.5. The molecule has 5 aliphatic rings. The number of aliphatic hydroxyl groups excluding tert-OH is 2. The van der Waals surface area contributed by atoms with Crippen molar-refractivity contribution >= 4 is 27.4 Å². The number of carbonyl (C=O) groups is 2. The molecule has 1 saturated heterocycles. The number of ketones is 2. The predicted molar refractivity (Wildman–Crippen MR) is 143 cm³/mol. The summed E-state index contributed by atoms with van der Waals surface area (Å²) in [6.45, 7) is 2.17. The average molecular weight is 648 g/mol. The number of benzene rings is 1. The summed E-state index contributed by atoms with van der Waals surface area (Å²) in [6.07, 6.45) is -0.290. The third kappa shape index (κ3) is 3.88. The normalized spacial score (nSPS) is 41.4. The van der Waals surface area contributed by atoms with Gasteiger partial charge in [0.2, 0.25) is 0 Å². The zero-order valence-electron chi connectivity index (χ0n) is 23.6. The highest BCUT2D eigenvalue weighted by Gasteiger charge is 2.79. The molecule has 0 radical (unpaired) electrons. The molecule has 0 amide bonds. The van der Waals surface area contributed by atoms with Gasteiger partial charge in [-0.2, -0.15) is 21.6 Å². The first-order valence-corrected chi connectivity index (χ1v) is 15.4. The van der Waals surface area contributed by atoms with E-state index in [0.29, 0.717) is 0 Å². The third-order valence-electron chi connectivity index (χ3n) is 10.8. The highest BCUT2D eigenvalue weighted by atomic mass is 32.2. The third-order valence-corrected chi connectivity index (χ3v) is 11.8. The number of allylic oxidation sites excluding steroid dienone is 4. The van der Waals surface area contributed by atoms with Gasteiger partial charge >= 0.3 is 15.6 Å². The van der Waals surface area contributed by atoms with Crippen LogP contribution in [-0.2, 0) is 24.5 Å². The molecule has 1 aromatic carbocycles. The van der Waals surface area contributed by atoms with Crippen LogP contribution in [0.25, 0.3) is 0 Å². The van der Waals surface area contributed by atoms with Crippen LogP contribution in [0.2, 0.25) is 0 Å². The summed E-state index contributed by atoms with van der Waals surface area (Å²) < 4.78 is 98.2. The predicted octanol–water partition coefficient (Wildman–Crippen LogP) is 3.51. The fourth-order valence-corrected chi connectivity index (χ4v) is 9.32. The average Bonchev–Trinajstić information content (AvgIpc) is 3.44. The highest BCUT2D eigenvalue weighted by Crippen LogP contribution is 2.72. The molecule has 1 aliphatic heterocycles. The number of hydroxylamine groups is 1. The molecule has 4 aliphatic carbocycles. The molecule has 2 N–H and O–H groups in total. The molecule has 240 valence electrons. The van der Waals surface area contributed by atoms with Gasteiger partial charge < -0.3 is 14.4 Å². The van der Waals surface area contributed by atoms with E-state index in [1.165, 1.54) is 30.2 Å². The van der Waals surface area contributed by atoms with Crippen molar-refractivity contribution < 1.29 is 59.2 Å². The van der Waals surface area contributed by atoms with Gasteiger partial charge in [0.15, 0.2) is 22.8 Å². The zero-order chi connectivity index (χ0) is 32.3. The Morgan fingerprint density at radius 1 is 1.16 bits per heavy atom. The first-order valence-electron chi connectivity index (χ1n) is 14.0. The summed E-state index contributed by atoms with van der Waals surface area (Å²) in [5, 5.41) is 22.9. The number of Topliss-reactive ketones (excluding diaryl/α,β-unsaturated/α-hetero) is 1. The van der Waals surface area contributed by atoms with Gasteiger partial charge in [0.05, 0.1) is 18.3 Å². The summed E-state index contributed by atoms with van der Waals surface area (Å²) in [6, 6.07) is 4.39. The Morgan fingerprint density at radius 2 is 1.82 bits per heavy atom. The maximum atomic E-state index is 17.5. The van der Waals surface area contributed by atoms with Crippen molar-refractivity contribution in [2.75, 3.05) is 18.2 Å². The van der Waals surface area contributed by atoms with Gasteiger partial charge in [-0.25, -0.2) is 8.78 Å². The SMILES string of the molecule is C[C@]12C=CC(=O)C=C1[C@@H](F)C[C@H]1C3C[C@H]4CN(c5ccc(OS(=O)(=O)C(F)(F)F)cc5)O[C@@]4(C(=O)CO)[C@@]3(C)C[C@H](O)[C@@]12F. The van der Waals surface area contributed by atoms with Gasteiger partial charge in [0.25, 0.3) is 0 Å². The number of hydrogen-bond acceptors (Lipinski definition) is 9. The van der Waals surface area contributed by atoms with E-state index in [2.05, 4.69) is 4.18 Å². The minimum atomic E-state index is -5.90. The molecule has 0 aromatic heterocycles. The van der Waals surface area contributed by atoms with Crippen molar-refractivity contribution in [1.82, 2.24) is 0 Å². The van der Waals surface area contributed by atoms with Crippen LogP contribution >= 0.6 is 0 Å². The zero-order valence-corrected chi connectivity index (χ0v) is 24.4. The number of fused-ring (bicyclic) bond motifs is 7. The number of alkyl halides is 5. The van der Waals surface area contributed by atoms with E-state index in [-0.39, 0.29) is 37.1 Å². The maximum absolute atomic E-state index is 17.5. The fraction of sp³-hybridized carbons (Fsp3) is 0.586. The first kappa shape index (κ1) is 31.1. The van der Waals surface area contributed by atoms with Crippen LogP contribution in [0.4, 0.5) is 27.6 Å². The van der Waals surface area contributed by atoms with E-state index in [0.717, 1.165) is 24.3 Å². The Labute approximate surface area is 249 Å². The van der Waals surface area contributed by atoms with Crippen LogP contribution < -0.4 is 9.25 Å². The summed E-state index contributed by atoms with van der Waals surface area (Å²) in [5.74, 6) is -4.25. The van der Waals surface area contributed by atoms with Crippen LogP contribution in [0.15, 0.2) is 48.1 Å². The van der Waals surface area contributed by atoms with Crippen molar-refractivity contribution in [2.24, 2.45) is 28.6 Å². The number of anilines is 1. The monoisotopic (exact) mass is 647 g/mol. The molecule has 0 bridgehead atoms. The molecule has 9 nitrogen and oxygen atoms in total. The van der Waals surface area contributed by atoms with E-state index >= 15 is 8.78 Å². The Kier molecular flexibility index (Phi) is 6.76. The standard InChI is InChI=1S/C29H30F5NO8S/c1-25-8-7-17(37)10-21(25)22(30)11-20-19-9-15-13-35(16-3-5-18(6-4-16)42-44(40,41)29(32,33)34)43-28(15,24(39)14-36)26(19,2)12-23(38)27(20,25)31/h3-8,10,15,19-20,22-23,36,38H,9,11-14H2,1-2H3/t15-,19?,20-,22-,23-,25-,26-,27-,28-/m0/s1. The van der Waals surface area contributed by atoms with E-state index < -0.39 is 91.7 Å². The lowest BCUT2D eigenvalue weighted by Crippen LogP contribution is -2.70. The Bertz CT molecular complexity index is 1580. The number of halogens is 5. The van der Waals surface area contributed by atoms with E-state index in [4.69, 9.17) is 4.84 Å². The molecule has 9 atom stereocenters. The molecule has 4 fully saturated rings. The number of rotatable bonds is 5. The minimum Gasteiger partial charge on any atom is -0.390 e.